The zero-order valence-corrected chi connectivity index (χ0v) is 9.33. The van der Waals surface area contributed by atoms with Crippen molar-refractivity contribution in [3.63, 3.8) is 0 Å². The molecular formula is C12H11F3O3. The summed E-state index contributed by atoms with van der Waals surface area (Å²) in [7, 11) is 0. The lowest BCUT2D eigenvalue weighted by molar-refractivity contribution is -0.166. The van der Waals surface area contributed by atoms with Crippen LogP contribution in [0.3, 0.4) is 0 Å². The average Bonchev–Trinajstić information content (AvgIpc) is 3.08. The van der Waals surface area contributed by atoms with Gasteiger partial charge in [-0.15, -0.1) is 0 Å². The normalized spacial score (nSPS) is 23.4. The molecule has 1 atom stereocenters. The molecule has 0 spiro atoms. The summed E-state index contributed by atoms with van der Waals surface area (Å²) in [6.07, 6.45) is 0.346. The van der Waals surface area contributed by atoms with E-state index in [2.05, 4.69) is 10.5 Å². The molecule has 1 N–H and O–H groups in total. The monoisotopic (exact) mass is 260 g/mol. The summed E-state index contributed by atoms with van der Waals surface area (Å²) in [6.45, 7) is -1.42. The number of carboxylic acid groups (broad SMARTS) is 1. The second-order valence-electron chi connectivity index (χ2n) is 4.33. The smallest absolute Gasteiger partial charge is 0.422 e. The fraction of sp³-hybridized carbons (Fsp3) is 0.500. The van der Waals surface area contributed by atoms with Gasteiger partial charge in [0.2, 0.25) is 0 Å². The maximum absolute atomic E-state index is 12.1. The summed E-state index contributed by atoms with van der Waals surface area (Å²) in [4.78, 5) is 10.8. The number of aliphatic carboxylic acids is 1. The molecule has 0 amide bonds. The third kappa shape index (κ3) is 3.17. The molecule has 0 saturated heterocycles. The highest BCUT2D eigenvalue weighted by Gasteiger charge is 2.36. The van der Waals surface area contributed by atoms with Crippen molar-refractivity contribution in [3.8, 4) is 0 Å². The summed E-state index contributed by atoms with van der Waals surface area (Å²) >= 11 is 0. The third-order valence-electron chi connectivity index (χ3n) is 2.78. The second kappa shape index (κ2) is 4.53. The van der Waals surface area contributed by atoms with Gasteiger partial charge in [0.05, 0.1) is 0 Å². The quantitative estimate of drug-likeness (QED) is 0.790. The molecule has 0 aliphatic heterocycles. The first-order valence-corrected chi connectivity index (χ1v) is 5.48. The van der Waals surface area contributed by atoms with Crippen molar-refractivity contribution in [2.75, 3.05) is 6.61 Å². The summed E-state index contributed by atoms with van der Waals surface area (Å²) in [5.74, 6) is -1.29. The van der Waals surface area contributed by atoms with Crippen LogP contribution in [0.2, 0.25) is 0 Å². The first-order chi connectivity index (χ1) is 8.37. The average molecular weight is 260 g/mol. The lowest BCUT2D eigenvalue weighted by Gasteiger charge is -2.19. The van der Waals surface area contributed by atoms with E-state index in [1.165, 1.54) is 6.08 Å². The van der Waals surface area contributed by atoms with Crippen LogP contribution in [-0.4, -0.2) is 23.9 Å². The van der Waals surface area contributed by atoms with Crippen LogP contribution in [0.15, 0.2) is 29.2 Å². The van der Waals surface area contributed by atoms with Crippen LogP contribution >= 0.6 is 0 Å². The second-order valence-corrected chi connectivity index (χ2v) is 4.33. The van der Waals surface area contributed by atoms with E-state index >= 15 is 0 Å². The van der Waals surface area contributed by atoms with Crippen molar-refractivity contribution >= 4 is 5.97 Å². The number of hydrogen-bond acceptors (Lipinski definition) is 2. The molecule has 0 radical (unpaired) electrons. The van der Waals surface area contributed by atoms with Gasteiger partial charge < -0.3 is 9.84 Å². The molecule has 98 valence electrons. The molecule has 3 nitrogen and oxygen atoms in total. The van der Waals surface area contributed by atoms with Gasteiger partial charge in [-0.3, -0.25) is 0 Å². The van der Waals surface area contributed by atoms with Crippen molar-refractivity contribution < 1.29 is 27.8 Å². The predicted octanol–water partition coefficient (Wildman–Crippen LogP) is 2.66. The maximum Gasteiger partial charge on any atom is 0.422 e. The highest BCUT2D eigenvalue weighted by Crippen LogP contribution is 2.42. The Balaban J connectivity index is 2.19. The van der Waals surface area contributed by atoms with Crippen LogP contribution in [0.5, 0.6) is 0 Å². The van der Waals surface area contributed by atoms with E-state index in [4.69, 9.17) is 5.11 Å². The number of alkyl halides is 3. The minimum absolute atomic E-state index is 0.0188. The van der Waals surface area contributed by atoms with Gasteiger partial charge in [0.15, 0.2) is 6.61 Å². The molecule has 18 heavy (non-hydrogen) atoms. The third-order valence-corrected chi connectivity index (χ3v) is 2.78. The van der Waals surface area contributed by atoms with E-state index in [1.807, 2.05) is 0 Å². The van der Waals surface area contributed by atoms with Crippen LogP contribution in [0.25, 0.3) is 0 Å². The van der Waals surface area contributed by atoms with Crippen LogP contribution in [0.1, 0.15) is 12.8 Å². The number of rotatable bonds is 4. The zero-order valence-electron chi connectivity index (χ0n) is 9.33. The Bertz CT molecular complexity index is 452. The van der Waals surface area contributed by atoms with Gasteiger partial charge in [0, 0.05) is 5.92 Å². The highest BCUT2D eigenvalue weighted by molar-refractivity contribution is 5.89. The first-order valence-electron chi connectivity index (χ1n) is 5.48. The topological polar surface area (TPSA) is 46.5 Å². The number of halogens is 3. The summed E-state index contributed by atoms with van der Waals surface area (Å²) < 4.78 is 41.0. The minimum Gasteiger partial charge on any atom is -0.480 e. The fourth-order valence-corrected chi connectivity index (χ4v) is 1.79. The van der Waals surface area contributed by atoms with Crippen molar-refractivity contribution in [2.45, 2.75) is 19.0 Å². The van der Waals surface area contributed by atoms with Crippen LogP contribution < -0.4 is 0 Å². The molecule has 0 aromatic carbocycles. The van der Waals surface area contributed by atoms with E-state index in [-0.39, 0.29) is 23.2 Å². The van der Waals surface area contributed by atoms with Gasteiger partial charge in [-0.2, -0.15) is 13.2 Å². The standard InChI is InChI=1S/C12H11F3O3/c13-12(14,15)6-18-10-5-8(11(16)17)3-4-9(10)7-1-2-7/h3-4,7,9H,1-2,6H2,(H,16,17). The summed E-state index contributed by atoms with van der Waals surface area (Å²) in [6, 6.07) is 0. The number of carboxylic acids is 1. The van der Waals surface area contributed by atoms with E-state index in [9.17, 15) is 18.0 Å². The molecule has 2 rings (SSSR count). The van der Waals surface area contributed by atoms with Crippen LogP contribution in [-0.2, 0) is 9.53 Å². The van der Waals surface area contributed by atoms with Gasteiger partial charge >= 0.3 is 12.1 Å². The van der Waals surface area contributed by atoms with Gasteiger partial charge in [0.25, 0.3) is 0 Å². The number of ether oxygens (including phenoxy) is 1. The van der Waals surface area contributed by atoms with Crippen molar-refractivity contribution in [1.82, 2.24) is 0 Å². The van der Waals surface area contributed by atoms with Crippen LogP contribution in [0, 0.1) is 11.8 Å². The highest BCUT2D eigenvalue weighted by atomic mass is 19.4. The summed E-state index contributed by atoms with van der Waals surface area (Å²) in [5.41, 5.74) is 2.24. The molecule has 1 fully saturated rings. The molecular weight excluding hydrogens is 249 g/mol. The van der Waals surface area contributed by atoms with Crippen molar-refractivity contribution in [1.29, 1.82) is 0 Å². The lowest BCUT2D eigenvalue weighted by atomic mass is 9.96. The Kier molecular flexibility index (Phi) is 3.22. The largest absolute Gasteiger partial charge is 0.480 e. The Hall–Kier alpha value is -1.68. The molecule has 0 heterocycles. The Morgan fingerprint density at radius 1 is 1.50 bits per heavy atom. The SMILES string of the molecule is O=C(O)C1=C=C(OCC(F)(F)F)C(C2CC2)C=C1. The van der Waals surface area contributed by atoms with Gasteiger partial charge in [-0.05, 0) is 24.8 Å². The Morgan fingerprint density at radius 2 is 2.17 bits per heavy atom. The van der Waals surface area contributed by atoms with Gasteiger partial charge in [-0.1, -0.05) is 11.8 Å². The lowest BCUT2D eigenvalue weighted by Crippen LogP contribution is -2.20. The molecule has 2 aliphatic carbocycles. The van der Waals surface area contributed by atoms with Gasteiger partial charge in [0.1, 0.15) is 11.3 Å². The van der Waals surface area contributed by atoms with E-state index in [0.717, 1.165) is 12.8 Å². The zero-order chi connectivity index (χ0) is 13.3. The van der Waals surface area contributed by atoms with Crippen LogP contribution in [0.4, 0.5) is 13.2 Å². The van der Waals surface area contributed by atoms with Gasteiger partial charge in [-0.25, -0.2) is 4.79 Å². The molecule has 1 saturated carbocycles. The van der Waals surface area contributed by atoms with E-state index in [0.29, 0.717) is 0 Å². The predicted molar refractivity (Wildman–Crippen MR) is 55.5 cm³/mol. The molecule has 0 aromatic rings. The Labute approximate surface area is 101 Å². The Morgan fingerprint density at radius 3 is 2.67 bits per heavy atom. The first kappa shape index (κ1) is 12.8. The van der Waals surface area contributed by atoms with E-state index < -0.39 is 18.8 Å². The molecule has 2 aliphatic rings. The summed E-state index contributed by atoms with van der Waals surface area (Å²) in [5, 5.41) is 8.78. The number of carbonyl (C=O) groups is 1. The molecule has 1 unspecified atom stereocenters. The fourth-order valence-electron chi connectivity index (χ4n) is 1.79. The maximum atomic E-state index is 12.1. The van der Waals surface area contributed by atoms with Crippen molar-refractivity contribution in [3.05, 3.63) is 29.2 Å². The minimum atomic E-state index is -4.44. The molecule has 0 aromatic heterocycles. The molecule has 6 heteroatoms. The molecule has 0 bridgehead atoms. The number of hydrogen-bond donors (Lipinski definition) is 1. The van der Waals surface area contributed by atoms with E-state index in [1.54, 1.807) is 6.08 Å². The van der Waals surface area contributed by atoms with Crippen molar-refractivity contribution in [2.24, 2.45) is 11.8 Å².